The van der Waals surface area contributed by atoms with E-state index in [0.717, 1.165) is 10.6 Å². The summed E-state index contributed by atoms with van der Waals surface area (Å²) in [6.45, 7) is 2.88. The van der Waals surface area contributed by atoms with Crippen molar-refractivity contribution in [3.8, 4) is 5.88 Å². The van der Waals surface area contributed by atoms with Gasteiger partial charge in [0, 0.05) is 50.3 Å². The molecule has 1 fully saturated rings. The largest absolute Gasteiger partial charge is 0.481 e. The molecule has 0 unspecified atom stereocenters. The summed E-state index contributed by atoms with van der Waals surface area (Å²) in [6.07, 6.45) is 1.66. The van der Waals surface area contributed by atoms with Crippen molar-refractivity contribution in [2.75, 3.05) is 44.4 Å². The van der Waals surface area contributed by atoms with Crippen LogP contribution >= 0.6 is 11.8 Å². The number of oxime groups is 1. The van der Waals surface area contributed by atoms with E-state index >= 15 is 0 Å². The topological polar surface area (TPSA) is 125 Å². The Labute approximate surface area is 211 Å². The van der Waals surface area contributed by atoms with Crippen LogP contribution in [0.3, 0.4) is 0 Å². The Hall–Kier alpha value is -3.35. The number of pyridine rings is 3. The molecule has 0 bridgehead atoms. The fraction of sp³-hybridized carbons (Fsp3) is 0.375. The molecule has 12 heteroatoms. The van der Waals surface area contributed by atoms with E-state index in [2.05, 4.69) is 35.6 Å². The molecule has 0 aliphatic carbocycles. The summed E-state index contributed by atoms with van der Waals surface area (Å²) in [6, 6.07) is 7.37. The minimum absolute atomic E-state index is 0.0140. The van der Waals surface area contributed by atoms with Crippen LogP contribution in [0.1, 0.15) is 11.3 Å². The Morgan fingerprint density at radius 1 is 1.33 bits per heavy atom. The predicted molar refractivity (Wildman–Crippen MR) is 134 cm³/mol. The summed E-state index contributed by atoms with van der Waals surface area (Å²) >= 11 is 1.48. The van der Waals surface area contributed by atoms with Gasteiger partial charge < -0.3 is 20.6 Å². The zero-order valence-corrected chi connectivity index (χ0v) is 20.5. The first-order valence-corrected chi connectivity index (χ1v) is 12.6. The van der Waals surface area contributed by atoms with Crippen LogP contribution in [0.25, 0.3) is 11.0 Å². The number of hydrogen-bond acceptors (Lipinski definition) is 10. The number of halogens is 1. The third-order valence-corrected chi connectivity index (χ3v) is 7.37. The molecule has 1 atom stereocenters. The number of ether oxygens (including phenoxy) is 1. The fourth-order valence-electron chi connectivity index (χ4n) is 4.48. The molecule has 188 valence electrons. The second-order valence-corrected chi connectivity index (χ2v) is 9.71. The number of methoxy groups -OCH3 is 1. The molecule has 10 nitrogen and oxygen atoms in total. The van der Waals surface area contributed by atoms with Gasteiger partial charge in [-0.3, -0.25) is 14.7 Å². The summed E-state index contributed by atoms with van der Waals surface area (Å²) in [5.74, 6) is 0.983. The maximum Gasteiger partial charge on any atom is 0.235 e. The van der Waals surface area contributed by atoms with Crippen LogP contribution in [-0.2, 0) is 17.8 Å². The molecule has 36 heavy (non-hydrogen) atoms. The molecular formula is C24H26FN7O3S. The third-order valence-electron chi connectivity index (χ3n) is 6.32. The van der Waals surface area contributed by atoms with E-state index < -0.39 is 5.82 Å². The Balaban J connectivity index is 1.18. The summed E-state index contributed by atoms with van der Waals surface area (Å²) in [5.41, 5.74) is 3.10. The van der Waals surface area contributed by atoms with Crippen molar-refractivity contribution in [3.63, 3.8) is 0 Å². The van der Waals surface area contributed by atoms with Gasteiger partial charge in [0.1, 0.15) is 11.6 Å². The van der Waals surface area contributed by atoms with Crippen LogP contribution in [-0.4, -0.2) is 75.7 Å². The molecule has 2 aliphatic rings. The van der Waals surface area contributed by atoms with Crippen molar-refractivity contribution in [1.82, 2.24) is 25.2 Å². The number of hydrogen-bond donors (Lipinski definition) is 3. The van der Waals surface area contributed by atoms with Crippen LogP contribution in [0.5, 0.6) is 5.88 Å². The lowest BCUT2D eigenvalue weighted by molar-refractivity contribution is -0.113. The number of amides is 1. The average molecular weight is 512 g/mol. The van der Waals surface area contributed by atoms with Crippen molar-refractivity contribution >= 4 is 40.2 Å². The first-order chi connectivity index (χ1) is 17.5. The van der Waals surface area contributed by atoms with Crippen LogP contribution in [0, 0.1) is 11.7 Å². The molecule has 1 saturated heterocycles. The molecule has 3 N–H and O–H groups in total. The number of aromatic nitrogens is 3. The molecule has 5 heterocycles. The third kappa shape index (κ3) is 5.25. The van der Waals surface area contributed by atoms with Gasteiger partial charge in [0.25, 0.3) is 0 Å². The SMILES string of the molecule is COc1ccc2ncc(F)c(CCN3C/C(=N\O)[C@H](CNCc4ccc5c(n4)NC(=O)CS5)C3)c2n1. The smallest absolute Gasteiger partial charge is 0.235 e. The minimum atomic E-state index is -0.399. The van der Waals surface area contributed by atoms with Gasteiger partial charge in [-0.25, -0.2) is 14.4 Å². The van der Waals surface area contributed by atoms with Gasteiger partial charge in [-0.1, -0.05) is 5.16 Å². The van der Waals surface area contributed by atoms with Crippen LogP contribution < -0.4 is 15.4 Å². The zero-order chi connectivity index (χ0) is 25.1. The quantitative estimate of drug-likeness (QED) is 0.309. The summed E-state index contributed by atoms with van der Waals surface area (Å²) in [5, 5.41) is 19.2. The highest BCUT2D eigenvalue weighted by molar-refractivity contribution is 8.00. The van der Waals surface area contributed by atoms with Crippen LogP contribution in [0.15, 0.2) is 40.5 Å². The molecular weight excluding hydrogens is 485 g/mol. The van der Waals surface area contributed by atoms with Crippen LogP contribution in [0.4, 0.5) is 10.2 Å². The lowest BCUT2D eigenvalue weighted by Gasteiger charge is -2.17. The van der Waals surface area contributed by atoms with Gasteiger partial charge in [0.05, 0.1) is 46.4 Å². The highest BCUT2D eigenvalue weighted by Crippen LogP contribution is 2.29. The molecule has 0 aromatic carbocycles. The van der Waals surface area contributed by atoms with E-state index in [4.69, 9.17) is 4.74 Å². The number of anilines is 1. The lowest BCUT2D eigenvalue weighted by atomic mass is 10.1. The number of carbonyl (C=O) groups excluding carboxylic acids is 1. The first-order valence-electron chi connectivity index (χ1n) is 11.6. The van der Waals surface area contributed by atoms with Gasteiger partial charge in [0.2, 0.25) is 11.8 Å². The van der Waals surface area contributed by atoms with E-state index in [9.17, 15) is 14.4 Å². The molecule has 3 aromatic heterocycles. The van der Waals surface area contributed by atoms with E-state index in [1.165, 1.54) is 25.1 Å². The molecule has 0 radical (unpaired) electrons. The maximum atomic E-state index is 14.6. The summed E-state index contributed by atoms with van der Waals surface area (Å²) in [4.78, 5) is 27.8. The van der Waals surface area contributed by atoms with E-state index in [1.54, 1.807) is 12.1 Å². The van der Waals surface area contributed by atoms with Crippen molar-refractivity contribution in [1.29, 1.82) is 0 Å². The van der Waals surface area contributed by atoms with E-state index in [0.29, 0.717) is 78.9 Å². The number of rotatable bonds is 8. The lowest BCUT2D eigenvalue weighted by Crippen LogP contribution is -2.29. The molecule has 0 saturated carbocycles. The Kier molecular flexibility index (Phi) is 7.25. The number of likely N-dealkylation sites (tertiary alicyclic amines) is 1. The van der Waals surface area contributed by atoms with E-state index in [-0.39, 0.29) is 11.8 Å². The number of nitrogens with zero attached hydrogens (tertiary/aromatic N) is 5. The van der Waals surface area contributed by atoms with Gasteiger partial charge >= 0.3 is 0 Å². The van der Waals surface area contributed by atoms with Crippen molar-refractivity contribution in [2.24, 2.45) is 11.1 Å². The second kappa shape index (κ2) is 10.7. The molecule has 3 aromatic rings. The van der Waals surface area contributed by atoms with Gasteiger partial charge in [0.15, 0.2) is 0 Å². The fourth-order valence-corrected chi connectivity index (χ4v) is 5.24. The highest BCUT2D eigenvalue weighted by atomic mass is 32.2. The van der Waals surface area contributed by atoms with Crippen molar-refractivity contribution in [3.05, 3.63) is 47.5 Å². The van der Waals surface area contributed by atoms with Gasteiger partial charge in [-0.05, 0) is 24.6 Å². The zero-order valence-electron chi connectivity index (χ0n) is 19.7. The average Bonchev–Trinajstić information content (AvgIpc) is 3.29. The number of nitrogens with one attached hydrogen (secondary N) is 2. The van der Waals surface area contributed by atoms with E-state index in [1.807, 2.05) is 12.1 Å². The van der Waals surface area contributed by atoms with Crippen LogP contribution in [0.2, 0.25) is 0 Å². The predicted octanol–water partition coefficient (Wildman–Crippen LogP) is 2.31. The minimum Gasteiger partial charge on any atom is -0.481 e. The number of carbonyl (C=O) groups is 1. The Morgan fingerprint density at radius 3 is 3.06 bits per heavy atom. The van der Waals surface area contributed by atoms with Crippen molar-refractivity contribution < 1.29 is 19.1 Å². The molecule has 5 rings (SSSR count). The first kappa shape index (κ1) is 24.3. The monoisotopic (exact) mass is 511 g/mol. The van der Waals surface area contributed by atoms with Crippen molar-refractivity contribution in [2.45, 2.75) is 17.9 Å². The highest BCUT2D eigenvalue weighted by Gasteiger charge is 2.29. The Bertz CT molecular complexity index is 1320. The summed E-state index contributed by atoms with van der Waals surface area (Å²) in [7, 11) is 1.52. The molecule has 0 spiro atoms. The Morgan fingerprint density at radius 2 is 2.22 bits per heavy atom. The van der Waals surface area contributed by atoms with Gasteiger partial charge in [-0.15, -0.1) is 11.8 Å². The number of thioether (sulfide) groups is 1. The summed E-state index contributed by atoms with van der Waals surface area (Å²) < 4.78 is 19.8. The second-order valence-electron chi connectivity index (χ2n) is 8.70. The van der Waals surface area contributed by atoms with Gasteiger partial charge in [-0.2, -0.15) is 0 Å². The maximum absolute atomic E-state index is 14.6. The number of fused-ring (bicyclic) bond motifs is 2. The normalized spacial score (nSPS) is 19.0. The molecule has 1 amide bonds. The standard InChI is InChI=1S/C24H26FN7O3S/c1-35-22-5-3-18-23(30-22)16(17(25)10-27-18)6-7-32-11-14(19(12-32)31-34)8-26-9-15-2-4-20-24(28-15)29-21(33)13-36-20/h2-5,10,14,26,34H,6-9,11-13H2,1H3,(H,28,29,33)/b31-19+/t14-/m1/s1. The molecule has 2 aliphatic heterocycles.